The van der Waals surface area contributed by atoms with Crippen LogP contribution < -0.4 is 5.73 Å². The molecular weight excluding hydrogens is 126 g/mol. The molecule has 1 aliphatic carbocycles. The van der Waals surface area contributed by atoms with Crippen molar-refractivity contribution < 1.29 is 4.74 Å². The first kappa shape index (κ1) is 8.02. The van der Waals surface area contributed by atoms with E-state index in [1.165, 1.54) is 12.8 Å². The highest BCUT2D eigenvalue weighted by Crippen LogP contribution is 2.47. The summed E-state index contributed by atoms with van der Waals surface area (Å²) in [6.07, 6.45) is 3.80. The van der Waals surface area contributed by atoms with E-state index < -0.39 is 0 Å². The third-order valence-electron chi connectivity index (χ3n) is 2.37. The Bertz CT molecular complexity index is 99.4. The summed E-state index contributed by atoms with van der Waals surface area (Å²) in [6.45, 7) is 4.61. The first-order valence-corrected chi connectivity index (χ1v) is 4.11. The zero-order valence-electron chi connectivity index (χ0n) is 6.73. The lowest BCUT2D eigenvalue weighted by Gasteiger charge is -2.10. The van der Waals surface area contributed by atoms with E-state index in [1.807, 2.05) is 6.92 Å². The third-order valence-corrected chi connectivity index (χ3v) is 2.37. The van der Waals surface area contributed by atoms with Crippen molar-refractivity contribution >= 4 is 0 Å². The van der Waals surface area contributed by atoms with Crippen molar-refractivity contribution in [3.63, 3.8) is 0 Å². The van der Waals surface area contributed by atoms with Crippen LogP contribution in [0.5, 0.6) is 0 Å². The molecule has 0 unspecified atom stereocenters. The quantitative estimate of drug-likeness (QED) is 0.586. The van der Waals surface area contributed by atoms with Crippen LogP contribution in [0.25, 0.3) is 0 Å². The van der Waals surface area contributed by atoms with Gasteiger partial charge in [0, 0.05) is 13.2 Å². The highest BCUT2D eigenvalue weighted by molar-refractivity contribution is 4.93. The number of hydrogen-bond acceptors (Lipinski definition) is 2. The molecule has 60 valence electrons. The summed E-state index contributed by atoms with van der Waals surface area (Å²) in [5.74, 6) is 0. The summed E-state index contributed by atoms with van der Waals surface area (Å²) >= 11 is 0. The predicted molar refractivity (Wildman–Crippen MR) is 41.8 cm³/mol. The van der Waals surface area contributed by atoms with E-state index in [1.54, 1.807) is 0 Å². The normalized spacial score (nSPS) is 21.0. The molecule has 0 aromatic heterocycles. The zero-order chi connectivity index (χ0) is 7.45. The molecule has 10 heavy (non-hydrogen) atoms. The maximum Gasteiger partial charge on any atom is 0.0471 e. The predicted octanol–water partition coefficient (Wildman–Crippen LogP) is 1.15. The highest BCUT2D eigenvalue weighted by atomic mass is 16.5. The van der Waals surface area contributed by atoms with Gasteiger partial charge < -0.3 is 10.5 Å². The van der Waals surface area contributed by atoms with Gasteiger partial charge in [-0.1, -0.05) is 0 Å². The van der Waals surface area contributed by atoms with Crippen LogP contribution in [0, 0.1) is 5.41 Å². The van der Waals surface area contributed by atoms with E-state index >= 15 is 0 Å². The van der Waals surface area contributed by atoms with E-state index in [0.717, 1.165) is 26.2 Å². The molecule has 0 bridgehead atoms. The minimum atomic E-state index is 0.495. The highest BCUT2D eigenvalue weighted by Gasteiger charge is 2.40. The molecular formula is C8H17NO. The number of nitrogens with two attached hydrogens (primary N) is 1. The Hall–Kier alpha value is -0.0800. The van der Waals surface area contributed by atoms with Gasteiger partial charge in [-0.3, -0.25) is 0 Å². The van der Waals surface area contributed by atoms with Crippen molar-refractivity contribution in [1.29, 1.82) is 0 Å². The average molecular weight is 143 g/mol. The van der Waals surface area contributed by atoms with Crippen LogP contribution in [0.2, 0.25) is 0 Å². The fourth-order valence-electron chi connectivity index (χ4n) is 1.17. The lowest BCUT2D eigenvalue weighted by molar-refractivity contribution is 0.129. The third kappa shape index (κ3) is 1.96. The molecule has 0 radical (unpaired) electrons. The summed E-state index contributed by atoms with van der Waals surface area (Å²) in [7, 11) is 0. The molecule has 2 nitrogen and oxygen atoms in total. The van der Waals surface area contributed by atoms with Gasteiger partial charge in [0.25, 0.3) is 0 Å². The Morgan fingerprint density at radius 2 is 2.20 bits per heavy atom. The second-order valence-electron chi connectivity index (χ2n) is 3.15. The van der Waals surface area contributed by atoms with Gasteiger partial charge in [-0.25, -0.2) is 0 Å². The molecule has 1 saturated carbocycles. The second kappa shape index (κ2) is 3.35. The molecule has 1 rings (SSSR count). The standard InChI is InChI=1S/C8H17NO/c1-2-10-6-5-8(7-9)3-4-8/h2-7,9H2,1H3. The van der Waals surface area contributed by atoms with Crippen LogP contribution in [0.4, 0.5) is 0 Å². The molecule has 0 aromatic carbocycles. The molecule has 0 aliphatic heterocycles. The van der Waals surface area contributed by atoms with Crippen molar-refractivity contribution in [3.8, 4) is 0 Å². The van der Waals surface area contributed by atoms with Gasteiger partial charge in [0.1, 0.15) is 0 Å². The minimum absolute atomic E-state index is 0.495. The van der Waals surface area contributed by atoms with Crippen molar-refractivity contribution in [1.82, 2.24) is 0 Å². The minimum Gasteiger partial charge on any atom is -0.382 e. The van der Waals surface area contributed by atoms with Crippen LogP contribution in [0.15, 0.2) is 0 Å². The zero-order valence-corrected chi connectivity index (χ0v) is 6.73. The molecule has 0 aromatic rings. The van der Waals surface area contributed by atoms with E-state index in [4.69, 9.17) is 10.5 Å². The lowest BCUT2D eigenvalue weighted by atomic mass is 10.0. The Kier molecular flexibility index (Phi) is 2.69. The van der Waals surface area contributed by atoms with Gasteiger partial charge >= 0.3 is 0 Å². The largest absolute Gasteiger partial charge is 0.382 e. The maximum absolute atomic E-state index is 5.60. The molecule has 0 saturated heterocycles. The van der Waals surface area contributed by atoms with Gasteiger partial charge in [-0.2, -0.15) is 0 Å². The Balaban J connectivity index is 2.01. The first-order valence-electron chi connectivity index (χ1n) is 4.11. The smallest absolute Gasteiger partial charge is 0.0471 e. The molecule has 0 spiro atoms. The van der Waals surface area contributed by atoms with Gasteiger partial charge in [0.05, 0.1) is 0 Å². The number of hydrogen-bond donors (Lipinski definition) is 1. The average Bonchev–Trinajstić information content (AvgIpc) is 2.70. The van der Waals surface area contributed by atoms with Crippen LogP contribution in [0.3, 0.4) is 0 Å². The monoisotopic (exact) mass is 143 g/mol. The van der Waals surface area contributed by atoms with Crippen molar-refractivity contribution in [2.75, 3.05) is 19.8 Å². The van der Waals surface area contributed by atoms with Crippen molar-refractivity contribution in [3.05, 3.63) is 0 Å². The molecule has 0 atom stereocenters. The van der Waals surface area contributed by atoms with Gasteiger partial charge in [-0.05, 0) is 38.1 Å². The lowest BCUT2D eigenvalue weighted by Crippen LogP contribution is -2.17. The van der Waals surface area contributed by atoms with E-state index in [-0.39, 0.29) is 0 Å². The maximum atomic E-state index is 5.60. The van der Waals surface area contributed by atoms with Crippen LogP contribution in [-0.4, -0.2) is 19.8 Å². The van der Waals surface area contributed by atoms with E-state index in [9.17, 15) is 0 Å². The fraction of sp³-hybridized carbons (Fsp3) is 1.00. The van der Waals surface area contributed by atoms with Crippen LogP contribution in [-0.2, 0) is 4.74 Å². The van der Waals surface area contributed by atoms with E-state index in [0.29, 0.717) is 5.41 Å². The molecule has 1 aliphatic rings. The summed E-state index contributed by atoms with van der Waals surface area (Å²) in [6, 6.07) is 0. The Labute approximate surface area is 62.7 Å². The van der Waals surface area contributed by atoms with Crippen molar-refractivity contribution in [2.45, 2.75) is 26.2 Å². The Morgan fingerprint density at radius 1 is 1.50 bits per heavy atom. The van der Waals surface area contributed by atoms with Gasteiger partial charge in [0.2, 0.25) is 0 Å². The summed E-state index contributed by atoms with van der Waals surface area (Å²) < 4.78 is 5.26. The molecule has 1 fully saturated rings. The SMILES string of the molecule is CCOCCC1(CN)CC1. The van der Waals surface area contributed by atoms with E-state index in [2.05, 4.69) is 0 Å². The van der Waals surface area contributed by atoms with Gasteiger partial charge in [0.15, 0.2) is 0 Å². The summed E-state index contributed by atoms with van der Waals surface area (Å²) in [5, 5.41) is 0. The number of rotatable bonds is 5. The number of ether oxygens (including phenoxy) is 1. The molecule has 0 heterocycles. The first-order chi connectivity index (χ1) is 4.83. The van der Waals surface area contributed by atoms with Crippen LogP contribution in [0.1, 0.15) is 26.2 Å². The van der Waals surface area contributed by atoms with Crippen molar-refractivity contribution in [2.24, 2.45) is 11.1 Å². The molecule has 2 N–H and O–H groups in total. The summed E-state index contributed by atoms with van der Waals surface area (Å²) in [4.78, 5) is 0. The van der Waals surface area contributed by atoms with Crippen LogP contribution >= 0.6 is 0 Å². The second-order valence-corrected chi connectivity index (χ2v) is 3.15. The summed E-state index contributed by atoms with van der Waals surface area (Å²) in [5.41, 5.74) is 6.09. The van der Waals surface area contributed by atoms with Gasteiger partial charge in [-0.15, -0.1) is 0 Å². The Morgan fingerprint density at radius 3 is 2.60 bits per heavy atom. The fourth-order valence-corrected chi connectivity index (χ4v) is 1.17. The topological polar surface area (TPSA) is 35.2 Å². The molecule has 0 amide bonds. The molecule has 2 heteroatoms.